The van der Waals surface area contributed by atoms with Gasteiger partial charge in [-0.1, -0.05) is 6.07 Å². The van der Waals surface area contributed by atoms with Crippen molar-refractivity contribution in [2.24, 2.45) is 5.73 Å². The largest absolute Gasteiger partial charge is 0.497 e. The third kappa shape index (κ3) is 2.02. The molecule has 14 heavy (non-hydrogen) atoms. The van der Waals surface area contributed by atoms with Crippen molar-refractivity contribution in [1.82, 2.24) is 0 Å². The van der Waals surface area contributed by atoms with E-state index >= 15 is 0 Å². The van der Waals surface area contributed by atoms with Crippen LogP contribution in [0.15, 0.2) is 18.2 Å². The highest BCUT2D eigenvalue weighted by Gasteiger charge is 2.16. The maximum atomic E-state index is 6.01. The Morgan fingerprint density at radius 3 is 2.93 bits per heavy atom. The predicted molar refractivity (Wildman–Crippen MR) is 60.1 cm³/mol. The summed E-state index contributed by atoms with van der Waals surface area (Å²) in [6.07, 6.45) is 3.47. The number of benzene rings is 1. The number of nitrogens with two attached hydrogens (primary N) is 1. The Kier molecular flexibility index (Phi) is 3.78. The molecule has 0 aromatic heterocycles. The molecule has 0 amide bonds. The summed E-state index contributed by atoms with van der Waals surface area (Å²) < 4.78 is 5.17. The lowest BCUT2D eigenvalue weighted by Gasteiger charge is -2.22. The molecule has 78 valence electrons. The van der Waals surface area contributed by atoms with Gasteiger partial charge in [0.2, 0.25) is 0 Å². The fourth-order valence-corrected chi connectivity index (χ4v) is 1.94. The Bertz CT molecular complexity index is 314. The van der Waals surface area contributed by atoms with Crippen molar-refractivity contribution < 1.29 is 4.74 Å². The molecular weight excluding hydrogens is 198 g/mol. The van der Waals surface area contributed by atoms with Gasteiger partial charge in [-0.2, -0.15) is 0 Å². The number of halogens is 1. The minimum Gasteiger partial charge on any atom is -0.497 e. The first-order valence-electron chi connectivity index (χ1n) is 4.73. The standard InChI is InChI=1S/C11H15NO.ClH/c1-13-9-6-5-8-3-2-4-11(12)10(8)7-9;/h5-7,11H,2-4,12H2,1H3;1H. The van der Waals surface area contributed by atoms with E-state index < -0.39 is 0 Å². The number of rotatable bonds is 1. The SMILES string of the molecule is COc1ccc2c(c1)C(N)CCC2.Cl. The minimum absolute atomic E-state index is 0. The molecule has 0 spiro atoms. The smallest absolute Gasteiger partial charge is 0.119 e. The van der Waals surface area contributed by atoms with E-state index in [1.54, 1.807) is 7.11 Å². The number of fused-ring (bicyclic) bond motifs is 1. The average molecular weight is 214 g/mol. The molecule has 0 saturated carbocycles. The Morgan fingerprint density at radius 2 is 2.21 bits per heavy atom. The number of hydrogen-bond acceptors (Lipinski definition) is 2. The Morgan fingerprint density at radius 1 is 1.43 bits per heavy atom. The molecule has 1 aliphatic rings. The highest BCUT2D eigenvalue weighted by Crippen LogP contribution is 2.30. The summed E-state index contributed by atoms with van der Waals surface area (Å²) in [5.41, 5.74) is 8.67. The summed E-state index contributed by atoms with van der Waals surface area (Å²) in [5.74, 6) is 0.913. The number of hydrogen-bond donors (Lipinski definition) is 1. The first-order chi connectivity index (χ1) is 6.31. The van der Waals surface area contributed by atoms with Gasteiger partial charge in [-0.25, -0.2) is 0 Å². The molecule has 0 bridgehead atoms. The normalized spacial score (nSPS) is 19.4. The van der Waals surface area contributed by atoms with E-state index in [0.717, 1.165) is 18.6 Å². The molecule has 2 rings (SSSR count). The minimum atomic E-state index is 0. The zero-order chi connectivity index (χ0) is 9.26. The zero-order valence-electron chi connectivity index (χ0n) is 8.32. The van der Waals surface area contributed by atoms with E-state index in [2.05, 4.69) is 12.1 Å². The van der Waals surface area contributed by atoms with Crippen LogP contribution in [0.2, 0.25) is 0 Å². The van der Waals surface area contributed by atoms with E-state index in [1.165, 1.54) is 17.5 Å². The van der Waals surface area contributed by atoms with Crippen LogP contribution in [-0.2, 0) is 6.42 Å². The van der Waals surface area contributed by atoms with Crippen molar-refractivity contribution in [2.45, 2.75) is 25.3 Å². The first kappa shape index (κ1) is 11.3. The van der Waals surface area contributed by atoms with E-state index in [0.29, 0.717) is 0 Å². The van der Waals surface area contributed by atoms with Crippen molar-refractivity contribution >= 4 is 12.4 Å². The maximum absolute atomic E-state index is 6.01. The lowest BCUT2D eigenvalue weighted by atomic mass is 9.88. The highest BCUT2D eigenvalue weighted by atomic mass is 35.5. The van der Waals surface area contributed by atoms with Gasteiger partial charge in [0, 0.05) is 6.04 Å². The lowest BCUT2D eigenvalue weighted by Crippen LogP contribution is -2.17. The second-order valence-corrected chi connectivity index (χ2v) is 3.56. The Hall–Kier alpha value is -0.730. The van der Waals surface area contributed by atoms with Gasteiger partial charge >= 0.3 is 0 Å². The Balaban J connectivity index is 0.000000980. The summed E-state index contributed by atoms with van der Waals surface area (Å²) in [6.45, 7) is 0. The van der Waals surface area contributed by atoms with E-state index in [4.69, 9.17) is 10.5 Å². The molecule has 1 aromatic carbocycles. The van der Waals surface area contributed by atoms with Gasteiger partial charge < -0.3 is 10.5 Å². The van der Waals surface area contributed by atoms with Crippen molar-refractivity contribution in [1.29, 1.82) is 0 Å². The van der Waals surface area contributed by atoms with E-state index in [9.17, 15) is 0 Å². The number of methoxy groups -OCH3 is 1. The van der Waals surface area contributed by atoms with Crippen molar-refractivity contribution in [2.75, 3.05) is 7.11 Å². The summed E-state index contributed by atoms with van der Waals surface area (Å²) in [7, 11) is 1.69. The van der Waals surface area contributed by atoms with Crippen LogP contribution in [0.5, 0.6) is 5.75 Å². The van der Waals surface area contributed by atoms with Crippen LogP contribution in [0.1, 0.15) is 30.0 Å². The third-order valence-electron chi connectivity index (χ3n) is 2.71. The van der Waals surface area contributed by atoms with Crippen LogP contribution in [-0.4, -0.2) is 7.11 Å². The molecule has 0 fully saturated rings. The van der Waals surface area contributed by atoms with Gasteiger partial charge in [-0.15, -0.1) is 12.4 Å². The first-order valence-corrected chi connectivity index (χ1v) is 4.73. The van der Waals surface area contributed by atoms with Crippen LogP contribution in [0, 0.1) is 0 Å². The quantitative estimate of drug-likeness (QED) is 0.778. The topological polar surface area (TPSA) is 35.2 Å². The highest BCUT2D eigenvalue weighted by molar-refractivity contribution is 5.85. The van der Waals surface area contributed by atoms with Gasteiger partial charge in [0.1, 0.15) is 5.75 Å². The zero-order valence-corrected chi connectivity index (χ0v) is 9.14. The molecule has 1 aromatic rings. The second kappa shape index (κ2) is 4.67. The van der Waals surface area contributed by atoms with Crippen molar-refractivity contribution in [3.8, 4) is 5.75 Å². The molecule has 0 radical (unpaired) electrons. The predicted octanol–water partition coefficient (Wildman–Crippen LogP) is 2.45. The molecule has 1 unspecified atom stereocenters. The van der Waals surface area contributed by atoms with E-state index in [-0.39, 0.29) is 18.4 Å². The fourth-order valence-electron chi connectivity index (χ4n) is 1.94. The molecular formula is C11H16ClNO. The van der Waals surface area contributed by atoms with E-state index in [1.807, 2.05) is 6.07 Å². The molecule has 0 heterocycles. The van der Waals surface area contributed by atoms with Gasteiger partial charge in [0.25, 0.3) is 0 Å². The molecule has 1 aliphatic carbocycles. The third-order valence-corrected chi connectivity index (χ3v) is 2.71. The van der Waals surface area contributed by atoms with Gasteiger partial charge in [-0.3, -0.25) is 0 Å². The fraction of sp³-hybridized carbons (Fsp3) is 0.455. The van der Waals surface area contributed by atoms with Gasteiger partial charge in [0.15, 0.2) is 0 Å². The van der Waals surface area contributed by atoms with Crippen LogP contribution >= 0.6 is 12.4 Å². The Labute approximate surface area is 90.9 Å². The van der Waals surface area contributed by atoms with Crippen LogP contribution in [0.4, 0.5) is 0 Å². The summed E-state index contributed by atoms with van der Waals surface area (Å²) in [6, 6.07) is 6.42. The second-order valence-electron chi connectivity index (χ2n) is 3.56. The molecule has 1 atom stereocenters. The van der Waals surface area contributed by atoms with Gasteiger partial charge in [0.05, 0.1) is 7.11 Å². The number of ether oxygens (including phenoxy) is 1. The maximum Gasteiger partial charge on any atom is 0.119 e. The molecule has 2 nitrogen and oxygen atoms in total. The summed E-state index contributed by atoms with van der Waals surface area (Å²) in [4.78, 5) is 0. The molecule has 0 saturated heterocycles. The van der Waals surface area contributed by atoms with Crippen LogP contribution < -0.4 is 10.5 Å². The number of aryl methyl sites for hydroxylation is 1. The lowest BCUT2D eigenvalue weighted by molar-refractivity contribution is 0.412. The van der Waals surface area contributed by atoms with Gasteiger partial charge in [-0.05, 0) is 42.5 Å². The van der Waals surface area contributed by atoms with Crippen molar-refractivity contribution in [3.63, 3.8) is 0 Å². The van der Waals surface area contributed by atoms with Crippen molar-refractivity contribution in [3.05, 3.63) is 29.3 Å². The monoisotopic (exact) mass is 213 g/mol. The van der Waals surface area contributed by atoms with Crippen LogP contribution in [0.3, 0.4) is 0 Å². The van der Waals surface area contributed by atoms with Crippen LogP contribution in [0.25, 0.3) is 0 Å². The summed E-state index contributed by atoms with van der Waals surface area (Å²) in [5, 5.41) is 0. The average Bonchev–Trinajstić information content (AvgIpc) is 2.18. The molecule has 3 heteroatoms. The summed E-state index contributed by atoms with van der Waals surface area (Å²) >= 11 is 0. The molecule has 2 N–H and O–H groups in total. The molecule has 0 aliphatic heterocycles.